The molecule has 1 fully saturated rings. The second-order valence-electron chi connectivity index (χ2n) is 8.92. The molecule has 1 atom stereocenters. The third kappa shape index (κ3) is 6.44. The van der Waals surface area contributed by atoms with Gasteiger partial charge in [-0.05, 0) is 45.7 Å². The fraction of sp³-hybridized carbons (Fsp3) is 0.500. The van der Waals surface area contributed by atoms with Gasteiger partial charge < -0.3 is 20.1 Å². The number of aromatic nitrogens is 1. The summed E-state index contributed by atoms with van der Waals surface area (Å²) in [6.07, 6.45) is -4.35. The monoisotopic (exact) mass is 485 g/mol. The summed E-state index contributed by atoms with van der Waals surface area (Å²) in [5.41, 5.74) is -2.16. The van der Waals surface area contributed by atoms with Gasteiger partial charge in [0.25, 0.3) is 5.91 Å². The molecule has 2 N–H and O–H groups in total. The van der Waals surface area contributed by atoms with Gasteiger partial charge in [0, 0.05) is 17.5 Å². The molecule has 0 aliphatic carbocycles. The van der Waals surface area contributed by atoms with Gasteiger partial charge in [0.15, 0.2) is 5.60 Å². The predicted molar refractivity (Wildman–Crippen MR) is 116 cm³/mol. The Morgan fingerprint density at radius 3 is 2.52 bits per heavy atom. The van der Waals surface area contributed by atoms with Gasteiger partial charge in [-0.2, -0.15) is 13.2 Å². The topological polar surface area (TPSA) is 91.8 Å². The van der Waals surface area contributed by atoms with Crippen molar-refractivity contribution in [2.45, 2.75) is 57.5 Å². The SMILES string of the molecule is CC(C)(C)OC(=O)N1CCCC(O)(C(=O)NCc2nc(-c3ccc(C(F)(F)F)cc3)cs2)C1. The van der Waals surface area contributed by atoms with Gasteiger partial charge in [-0.3, -0.25) is 4.79 Å². The molecule has 2 aromatic rings. The Hall–Kier alpha value is -2.66. The van der Waals surface area contributed by atoms with Crippen molar-refractivity contribution in [1.29, 1.82) is 0 Å². The highest BCUT2D eigenvalue weighted by atomic mass is 32.1. The van der Waals surface area contributed by atoms with E-state index < -0.39 is 34.9 Å². The number of carbonyl (C=O) groups excluding carboxylic acids is 2. The van der Waals surface area contributed by atoms with E-state index in [1.54, 1.807) is 26.2 Å². The number of hydrogen-bond acceptors (Lipinski definition) is 6. The molecule has 1 unspecified atom stereocenters. The third-order valence-electron chi connectivity index (χ3n) is 5.01. The molecule has 0 saturated carbocycles. The van der Waals surface area contributed by atoms with Crippen LogP contribution < -0.4 is 5.32 Å². The van der Waals surface area contributed by atoms with Crippen LogP contribution in [-0.2, 0) is 22.3 Å². The van der Waals surface area contributed by atoms with Crippen LogP contribution >= 0.6 is 11.3 Å². The predicted octanol–water partition coefficient (Wildman–Crippen LogP) is 4.21. The number of likely N-dealkylation sites (tertiary alicyclic amines) is 1. The number of halogens is 3. The van der Waals surface area contributed by atoms with Gasteiger partial charge >= 0.3 is 12.3 Å². The number of piperidine rings is 1. The second kappa shape index (κ2) is 9.30. The highest BCUT2D eigenvalue weighted by molar-refractivity contribution is 7.09. The van der Waals surface area contributed by atoms with Crippen molar-refractivity contribution in [1.82, 2.24) is 15.2 Å². The number of ether oxygens (including phenoxy) is 1. The van der Waals surface area contributed by atoms with Gasteiger partial charge in [0.2, 0.25) is 0 Å². The minimum absolute atomic E-state index is 0.0406. The van der Waals surface area contributed by atoms with Gasteiger partial charge in [-0.15, -0.1) is 11.3 Å². The smallest absolute Gasteiger partial charge is 0.416 e. The standard InChI is InChI=1S/C22H26F3N3O4S/c1-20(2,3)32-19(30)28-10-4-9-21(31,13-28)18(29)26-11-17-27-16(12-33-17)14-5-7-15(8-6-14)22(23,24)25/h5-8,12,31H,4,9-11,13H2,1-3H3,(H,26,29). The fourth-order valence-electron chi connectivity index (χ4n) is 3.38. The highest BCUT2D eigenvalue weighted by Crippen LogP contribution is 2.31. The summed E-state index contributed by atoms with van der Waals surface area (Å²) in [6, 6.07) is 4.67. The second-order valence-corrected chi connectivity index (χ2v) is 9.86. The van der Waals surface area contributed by atoms with E-state index in [1.165, 1.54) is 28.4 Å². The lowest BCUT2D eigenvalue weighted by atomic mass is 9.92. The first-order valence-electron chi connectivity index (χ1n) is 10.4. The number of nitrogens with one attached hydrogen (secondary N) is 1. The number of hydrogen-bond donors (Lipinski definition) is 2. The number of aliphatic hydroxyl groups is 1. The molecule has 33 heavy (non-hydrogen) atoms. The molecule has 0 radical (unpaired) electrons. The molecule has 2 amide bonds. The molecule has 1 aliphatic heterocycles. The summed E-state index contributed by atoms with van der Waals surface area (Å²) in [4.78, 5) is 30.7. The first kappa shape index (κ1) is 25.0. The molecule has 11 heteroatoms. The summed E-state index contributed by atoms with van der Waals surface area (Å²) < 4.78 is 43.5. The number of carbonyl (C=O) groups is 2. The van der Waals surface area contributed by atoms with Crippen molar-refractivity contribution in [2.75, 3.05) is 13.1 Å². The Bertz CT molecular complexity index is 1000. The van der Waals surface area contributed by atoms with E-state index in [1.807, 2.05) is 0 Å². The Kier molecular flexibility index (Phi) is 7.04. The molecule has 1 aromatic carbocycles. The lowest BCUT2D eigenvalue weighted by molar-refractivity contribution is -0.145. The van der Waals surface area contributed by atoms with E-state index in [0.717, 1.165) is 12.1 Å². The molecule has 1 aliphatic rings. The van der Waals surface area contributed by atoms with E-state index >= 15 is 0 Å². The maximum atomic E-state index is 12.7. The van der Waals surface area contributed by atoms with Crippen LogP contribution in [0.5, 0.6) is 0 Å². The van der Waals surface area contributed by atoms with Gasteiger partial charge in [0.05, 0.1) is 24.3 Å². The molecule has 1 aromatic heterocycles. The maximum Gasteiger partial charge on any atom is 0.416 e. The van der Waals surface area contributed by atoms with Crippen LogP contribution in [0.3, 0.4) is 0 Å². The van der Waals surface area contributed by atoms with Crippen LogP contribution in [0.25, 0.3) is 11.3 Å². The van der Waals surface area contributed by atoms with Gasteiger partial charge in [0.1, 0.15) is 10.6 Å². The van der Waals surface area contributed by atoms with Crippen LogP contribution in [0, 0.1) is 0 Å². The molecule has 0 spiro atoms. The summed E-state index contributed by atoms with van der Waals surface area (Å²) in [7, 11) is 0. The van der Waals surface area contributed by atoms with Gasteiger partial charge in [-0.1, -0.05) is 12.1 Å². The zero-order chi connectivity index (χ0) is 24.4. The lowest BCUT2D eigenvalue weighted by Crippen LogP contribution is -2.58. The van der Waals surface area contributed by atoms with Gasteiger partial charge in [-0.25, -0.2) is 9.78 Å². The van der Waals surface area contributed by atoms with Crippen LogP contribution in [-0.4, -0.2) is 51.3 Å². The lowest BCUT2D eigenvalue weighted by Gasteiger charge is -2.38. The van der Waals surface area contributed by atoms with E-state index in [-0.39, 0.29) is 19.5 Å². The summed E-state index contributed by atoms with van der Waals surface area (Å²) in [5, 5.41) is 15.7. The van der Waals surface area contributed by atoms with Crippen molar-refractivity contribution in [2.24, 2.45) is 0 Å². The number of nitrogens with zero attached hydrogens (tertiary/aromatic N) is 2. The molecule has 1 saturated heterocycles. The van der Waals surface area contributed by atoms with E-state index in [9.17, 15) is 27.9 Å². The molecule has 7 nitrogen and oxygen atoms in total. The normalized spacial score (nSPS) is 19.3. The average molecular weight is 486 g/mol. The first-order chi connectivity index (χ1) is 15.3. The zero-order valence-corrected chi connectivity index (χ0v) is 19.3. The van der Waals surface area contributed by atoms with E-state index in [4.69, 9.17) is 4.74 Å². The number of amides is 2. The van der Waals surface area contributed by atoms with Crippen molar-refractivity contribution >= 4 is 23.3 Å². The number of alkyl halides is 3. The number of β-amino-alcohol motifs (C(OH)–C–C–N with tert-alkyl or cyclic N) is 1. The number of rotatable bonds is 4. The van der Waals surface area contributed by atoms with Crippen molar-refractivity contribution in [3.05, 3.63) is 40.2 Å². The average Bonchev–Trinajstić information content (AvgIpc) is 3.19. The molecular formula is C22H26F3N3O4S. The van der Waals surface area contributed by atoms with E-state index in [2.05, 4.69) is 10.3 Å². The van der Waals surface area contributed by atoms with E-state index in [0.29, 0.717) is 29.2 Å². The molecule has 180 valence electrons. The van der Waals surface area contributed by atoms with Crippen LogP contribution in [0.15, 0.2) is 29.6 Å². The minimum atomic E-state index is -4.41. The maximum absolute atomic E-state index is 12.7. The molecule has 3 rings (SSSR count). The summed E-state index contributed by atoms with van der Waals surface area (Å²) in [5.74, 6) is -0.623. The zero-order valence-electron chi connectivity index (χ0n) is 18.5. The molecule has 2 heterocycles. The van der Waals surface area contributed by atoms with Crippen molar-refractivity contribution in [3.8, 4) is 11.3 Å². The number of thiazole rings is 1. The van der Waals surface area contributed by atoms with Crippen molar-refractivity contribution < 1.29 is 32.6 Å². The Morgan fingerprint density at radius 1 is 1.24 bits per heavy atom. The molecule has 0 bridgehead atoms. The quantitative estimate of drug-likeness (QED) is 0.677. The summed E-state index contributed by atoms with van der Waals surface area (Å²) >= 11 is 1.24. The summed E-state index contributed by atoms with van der Waals surface area (Å²) in [6.45, 7) is 5.46. The van der Waals surface area contributed by atoms with Crippen LogP contribution in [0.2, 0.25) is 0 Å². The minimum Gasteiger partial charge on any atom is -0.444 e. The third-order valence-corrected chi connectivity index (χ3v) is 5.85. The Morgan fingerprint density at radius 2 is 1.91 bits per heavy atom. The van der Waals surface area contributed by atoms with Crippen LogP contribution in [0.4, 0.5) is 18.0 Å². The van der Waals surface area contributed by atoms with Crippen molar-refractivity contribution in [3.63, 3.8) is 0 Å². The number of benzene rings is 1. The highest BCUT2D eigenvalue weighted by Gasteiger charge is 2.42. The Labute approximate surface area is 193 Å². The largest absolute Gasteiger partial charge is 0.444 e. The fourth-order valence-corrected chi connectivity index (χ4v) is 4.12. The van der Waals surface area contributed by atoms with Crippen LogP contribution in [0.1, 0.15) is 44.2 Å². The Balaban J connectivity index is 1.59. The first-order valence-corrected chi connectivity index (χ1v) is 11.3. The molecular weight excluding hydrogens is 459 g/mol.